The largest absolute Gasteiger partial charge is 0.303 e. The minimum atomic E-state index is -0.160. The summed E-state index contributed by atoms with van der Waals surface area (Å²) in [5.74, 6) is -0.0130. The number of carbonyl (C=O) groups excluding carboxylic acids is 1. The molecule has 0 aliphatic rings. The van der Waals surface area contributed by atoms with Gasteiger partial charge in [0.1, 0.15) is 6.29 Å². The van der Waals surface area contributed by atoms with Crippen LogP contribution in [0.1, 0.15) is 26.3 Å². The molecule has 2 heteroatoms. The van der Waals surface area contributed by atoms with E-state index in [0.717, 1.165) is 11.8 Å². The van der Waals surface area contributed by atoms with Crippen molar-refractivity contribution >= 4 is 17.9 Å². The van der Waals surface area contributed by atoms with Gasteiger partial charge in [-0.2, -0.15) is 0 Å². The summed E-state index contributed by atoms with van der Waals surface area (Å²) >= 11 is 5.91. The fraction of sp³-hybridized carbons (Fsp3) is 0.417. The van der Waals surface area contributed by atoms with E-state index in [-0.39, 0.29) is 11.3 Å². The van der Waals surface area contributed by atoms with Gasteiger partial charge in [0, 0.05) is 10.9 Å². The number of rotatable bonds is 3. The van der Waals surface area contributed by atoms with Gasteiger partial charge in [-0.3, -0.25) is 0 Å². The number of aldehydes is 1. The fourth-order valence-electron chi connectivity index (χ4n) is 1.32. The number of hydrogen-bond acceptors (Lipinski definition) is 1. The van der Waals surface area contributed by atoms with Crippen LogP contribution in [-0.2, 0) is 10.2 Å². The molecule has 14 heavy (non-hydrogen) atoms. The highest BCUT2D eigenvalue weighted by Crippen LogP contribution is 2.31. The molecule has 0 bridgehead atoms. The number of carbonyl (C=O) groups is 1. The minimum absolute atomic E-state index is 0.0130. The van der Waals surface area contributed by atoms with Crippen LogP contribution in [0.4, 0.5) is 0 Å². The first kappa shape index (κ1) is 11.3. The Bertz CT molecular complexity index is 331. The van der Waals surface area contributed by atoms with Gasteiger partial charge in [0.15, 0.2) is 0 Å². The SMILES string of the molecule is CC(C=O)C(C)(C)c1cccc(Cl)c1. The lowest BCUT2D eigenvalue weighted by atomic mass is 9.75. The van der Waals surface area contributed by atoms with Crippen LogP contribution in [0.5, 0.6) is 0 Å². The molecule has 0 amide bonds. The maximum absolute atomic E-state index is 10.8. The summed E-state index contributed by atoms with van der Waals surface area (Å²) in [4.78, 5) is 10.8. The topological polar surface area (TPSA) is 17.1 Å². The molecule has 1 aromatic carbocycles. The lowest BCUT2D eigenvalue weighted by Crippen LogP contribution is -2.27. The van der Waals surface area contributed by atoms with Crippen molar-refractivity contribution in [2.75, 3.05) is 0 Å². The van der Waals surface area contributed by atoms with Gasteiger partial charge in [0.05, 0.1) is 0 Å². The van der Waals surface area contributed by atoms with E-state index in [2.05, 4.69) is 13.8 Å². The molecule has 76 valence electrons. The normalized spacial score (nSPS) is 13.7. The van der Waals surface area contributed by atoms with Gasteiger partial charge in [-0.15, -0.1) is 0 Å². The van der Waals surface area contributed by atoms with Gasteiger partial charge < -0.3 is 4.79 Å². The summed E-state index contributed by atoms with van der Waals surface area (Å²) in [5.41, 5.74) is 0.941. The third kappa shape index (κ3) is 2.16. The second kappa shape index (κ2) is 4.14. The monoisotopic (exact) mass is 210 g/mol. The Morgan fingerprint density at radius 2 is 2.07 bits per heavy atom. The Hall–Kier alpha value is -0.820. The Morgan fingerprint density at radius 3 is 2.57 bits per heavy atom. The molecule has 1 nitrogen and oxygen atoms in total. The third-order valence-corrected chi connectivity index (χ3v) is 3.15. The van der Waals surface area contributed by atoms with Crippen molar-refractivity contribution in [2.45, 2.75) is 26.2 Å². The Kier molecular flexibility index (Phi) is 3.33. The molecular formula is C12H15ClO. The van der Waals surface area contributed by atoms with Crippen molar-refractivity contribution in [2.24, 2.45) is 5.92 Å². The highest BCUT2D eigenvalue weighted by molar-refractivity contribution is 6.30. The number of halogens is 1. The first-order chi connectivity index (χ1) is 6.48. The standard InChI is InChI=1S/C12H15ClO/c1-9(8-14)12(2,3)10-5-4-6-11(13)7-10/h4-9H,1-3H3. The maximum Gasteiger partial charge on any atom is 0.123 e. The van der Waals surface area contributed by atoms with Crippen LogP contribution in [0.3, 0.4) is 0 Å². The van der Waals surface area contributed by atoms with E-state index in [9.17, 15) is 4.79 Å². The molecular weight excluding hydrogens is 196 g/mol. The van der Waals surface area contributed by atoms with Crippen LogP contribution in [0.2, 0.25) is 5.02 Å². The first-order valence-electron chi connectivity index (χ1n) is 4.70. The molecule has 0 radical (unpaired) electrons. The van der Waals surface area contributed by atoms with E-state index in [1.807, 2.05) is 31.2 Å². The Balaban J connectivity index is 3.08. The van der Waals surface area contributed by atoms with Crippen LogP contribution in [0.15, 0.2) is 24.3 Å². The molecule has 0 heterocycles. The minimum Gasteiger partial charge on any atom is -0.303 e. The quantitative estimate of drug-likeness (QED) is 0.699. The van der Waals surface area contributed by atoms with Crippen LogP contribution < -0.4 is 0 Å². The molecule has 1 rings (SSSR count). The molecule has 1 aromatic rings. The van der Waals surface area contributed by atoms with E-state index < -0.39 is 0 Å². The first-order valence-corrected chi connectivity index (χ1v) is 5.07. The summed E-state index contributed by atoms with van der Waals surface area (Å²) < 4.78 is 0. The van der Waals surface area contributed by atoms with Gasteiger partial charge in [-0.25, -0.2) is 0 Å². The van der Waals surface area contributed by atoms with Crippen molar-refractivity contribution in [1.29, 1.82) is 0 Å². The van der Waals surface area contributed by atoms with Crippen molar-refractivity contribution in [3.8, 4) is 0 Å². The second-order valence-electron chi connectivity index (χ2n) is 4.16. The molecule has 0 fully saturated rings. The molecule has 0 N–H and O–H groups in total. The number of benzene rings is 1. The van der Waals surface area contributed by atoms with Gasteiger partial charge in [0.2, 0.25) is 0 Å². The molecule has 1 atom stereocenters. The zero-order chi connectivity index (χ0) is 10.8. The Labute approximate surface area is 90.1 Å². The van der Waals surface area contributed by atoms with E-state index in [1.54, 1.807) is 0 Å². The summed E-state index contributed by atoms with van der Waals surface area (Å²) in [7, 11) is 0. The Morgan fingerprint density at radius 1 is 1.43 bits per heavy atom. The smallest absolute Gasteiger partial charge is 0.123 e. The van der Waals surface area contributed by atoms with E-state index >= 15 is 0 Å². The molecule has 0 aliphatic carbocycles. The van der Waals surface area contributed by atoms with Crippen LogP contribution in [-0.4, -0.2) is 6.29 Å². The zero-order valence-electron chi connectivity index (χ0n) is 8.75. The van der Waals surface area contributed by atoms with Gasteiger partial charge >= 0.3 is 0 Å². The number of hydrogen-bond donors (Lipinski definition) is 0. The molecule has 0 saturated heterocycles. The molecule has 0 aliphatic heterocycles. The predicted molar refractivity (Wildman–Crippen MR) is 59.7 cm³/mol. The van der Waals surface area contributed by atoms with Gasteiger partial charge in [0.25, 0.3) is 0 Å². The van der Waals surface area contributed by atoms with E-state index in [4.69, 9.17) is 11.6 Å². The molecule has 1 unspecified atom stereocenters. The van der Waals surface area contributed by atoms with E-state index in [1.165, 1.54) is 0 Å². The lowest BCUT2D eigenvalue weighted by Gasteiger charge is -2.28. The van der Waals surface area contributed by atoms with Crippen molar-refractivity contribution in [3.05, 3.63) is 34.9 Å². The maximum atomic E-state index is 10.8. The van der Waals surface area contributed by atoms with Gasteiger partial charge in [-0.1, -0.05) is 44.5 Å². The summed E-state index contributed by atoms with van der Waals surface area (Å²) in [6.45, 7) is 6.03. The predicted octanol–water partition coefficient (Wildman–Crippen LogP) is 3.45. The van der Waals surface area contributed by atoms with Crippen molar-refractivity contribution in [1.82, 2.24) is 0 Å². The summed E-state index contributed by atoms with van der Waals surface area (Å²) in [6, 6.07) is 7.68. The second-order valence-corrected chi connectivity index (χ2v) is 4.59. The van der Waals surface area contributed by atoms with Crippen LogP contribution >= 0.6 is 11.6 Å². The van der Waals surface area contributed by atoms with Gasteiger partial charge in [-0.05, 0) is 23.1 Å². The third-order valence-electron chi connectivity index (χ3n) is 2.91. The highest BCUT2D eigenvalue weighted by atomic mass is 35.5. The summed E-state index contributed by atoms with van der Waals surface area (Å²) in [5, 5.41) is 0.716. The summed E-state index contributed by atoms with van der Waals surface area (Å²) in [6.07, 6.45) is 0.987. The average molecular weight is 211 g/mol. The fourth-order valence-corrected chi connectivity index (χ4v) is 1.51. The van der Waals surface area contributed by atoms with Crippen LogP contribution in [0, 0.1) is 5.92 Å². The van der Waals surface area contributed by atoms with E-state index in [0.29, 0.717) is 5.02 Å². The van der Waals surface area contributed by atoms with Crippen molar-refractivity contribution < 1.29 is 4.79 Å². The highest BCUT2D eigenvalue weighted by Gasteiger charge is 2.27. The van der Waals surface area contributed by atoms with Crippen molar-refractivity contribution in [3.63, 3.8) is 0 Å². The average Bonchev–Trinajstić information content (AvgIpc) is 2.16. The molecule has 0 aromatic heterocycles. The van der Waals surface area contributed by atoms with Crippen LogP contribution in [0.25, 0.3) is 0 Å². The molecule has 0 saturated carbocycles. The lowest BCUT2D eigenvalue weighted by molar-refractivity contribution is -0.112. The molecule has 0 spiro atoms. The zero-order valence-corrected chi connectivity index (χ0v) is 9.51.